The number of piperazine rings is 1. The summed E-state index contributed by atoms with van der Waals surface area (Å²) in [4.78, 5) is 9.54. The van der Waals surface area contributed by atoms with Crippen molar-refractivity contribution in [3.05, 3.63) is 35.5 Å². The molecule has 2 heterocycles. The third-order valence-electron chi connectivity index (χ3n) is 3.96. The summed E-state index contributed by atoms with van der Waals surface area (Å²) in [5.41, 5.74) is 5.57. The van der Waals surface area contributed by atoms with E-state index in [4.69, 9.17) is 17.3 Å². The Morgan fingerprint density at radius 1 is 1.07 bits per heavy atom. The number of aromatic nitrogens is 2. The molecule has 2 aromatic rings. The van der Waals surface area contributed by atoms with Crippen LogP contribution in [0.4, 0.5) is 24.9 Å². The highest BCUT2D eigenvalue weighted by atomic mass is 35.5. The smallest absolute Gasteiger partial charge is 0.406 e. The number of hydrogen-bond acceptors (Lipinski definition) is 7. The van der Waals surface area contributed by atoms with Gasteiger partial charge in [-0.25, -0.2) is 13.4 Å². The number of sulfonamides is 1. The fourth-order valence-electron chi connectivity index (χ4n) is 2.70. The summed E-state index contributed by atoms with van der Waals surface area (Å²) in [7, 11) is -3.86. The molecule has 1 fully saturated rings. The van der Waals surface area contributed by atoms with Gasteiger partial charge in [0.05, 0.1) is 4.90 Å². The first-order valence-electron chi connectivity index (χ1n) is 7.95. The SMILES string of the molecule is Nc1nc(Cl)cc(N2CCN(S(=O)(=O)c3ccc(OC(F)(F)F)cc3)CC2)n1. The summed E-state index contributed by atoms with van der Waals surface area (Å²) < 4.78 is 67.1. The zero-order valence-electron chi connectivity index (χ0n) is 14.2. The van der Waals surface area contributed by atoms with Crippen LogP contribution in [0.2, 0.25) is 5.15 Å². The Labute approximate surface area is 163 Å². The molecule has 0 aliphatic carbocycles. The number of anilines is 2. The standard InChI is InChI=1S/C15H15ClF3N5O3S/c16-12-9-13(22-14(20)21-12)23-5-7-24(8-6-23)28(25,26)11-3-1-10(2-4-11)27-15(17,18)19/h1-4,9H,5-8H2,(H2,20,21,22). The van der Waals surface area contributed by atoms with Gasteiger partial charge in [0.1, 0.15) is 16.7 Å². The molecule has 1 saturated heterocycles. The fraction of sp³-hybridized carbons (Fsp3) is 0.333. The summed E-state index contributed by atoms with van der Waals surface area (Å²) in [6.07, 6.45) is -4.84. The lowest BCUT2D eigenvalue weighted by atomic mass is 10.3. The lowest BCUT2D eigenvalue weighted by Crippen LogP contribution is -2.49. The highest BCUT2D eigenvalue weighted by Crippen LogP contribution is 2.26. The van der Waals surface area contributed by atoms with E-state index >= 15 is 0 Å². The second-order valence-electron chi connectivity index (χ2n) is 5.82. The first-order chi connectivity index (χ1) is 13.0. The van der Waals surface area contributed by atoms with Crippen LogP contribution in [0.3, 0.4) is 0 Å². The topological polar surface area (TPSA) is 102 Å². The minimum atomic E-state index is -4.84. The molecular weight excluding hydrogens is 423 g/mol. The van der Waals surface area contributed by atoms with Crippen LogP contribution in [0.5, 0.6) is 5.75 Å². The Morgan fingerprint density at radius 3 is 2.21 bits per heavy atom. The molecule has 152 valence electrons. The molecule has 2 N–H and O–H groups in total. The van der Waals surface area contributed by atoms with E-state index in [0.29, 0.717) is 18.9 Å². The lowest BCUT2D eigenvalue weighted by Gasteiger charge is -2.34. The summed E-state index contributed by atoms with van der Waals surface area (Å²) in [6.45, 7) is 0.984. The number of ether oxygens (including phenoxy) is 1. The summed E-state index contributed by atoms with van der Waals surface area (Å²) in [5, 5.41) is 0.179. The number of benzene rings is 1. The predicted octanol–water partition coefficient (Wildman–Crippen LogP) is 2.12. The van der Waals surface area contributed by atoms with Crippen molar-refractivity contribution in [1.29, 1.82) is 0 Å². The largest absolute Gasteiger partial charge is 0.573 e. The number of rotatable bonds is 4. The van der Waals surface area contributed by atoms with E-state index in [2.05, 4.69) is 14.7 Å². The van der Waals surface area contributed by atoms with Gasteiger partial charge in [-0.15, -0.1) is 13.2 Å². The van der Waals surface area contributed by atoms with Crippen molar-refractivity contribution in [2.45, 2.75) is 11.3 Å². The molecule has 3 rings (SSSR count). The Balaban J connectivity index is 1.69. The Kier molecular flexibility index (Phi) is 5.55. The minimum absolute atomic E-state index is 0.0127. The molecule has 0 atom stereocenters. The van der Waals surface area contributed by atoms with Crippen LogP contribution in [0.1, 0.15) is 0 Å². The molecule has 1 aromatic carbocycles. The zero-order valence-corrected chi connectivity index (χ0v) is 15.8. The second-order valence-corrected chi connectivity index (χ2v) is 8.14. The monoisotopic (exact) mass is 437 g/mol. The second kappa shape index (κ2) is 7.60. The fourth-order valence-corrected chi connectivity index (χ4v) is 4.31. The quantitative estimate of drug-likeness (QED) is 0.731. The average molecular weight is 438 g/mol. The first kappa shape index (κ1) is 20.4. The van der Waals surface area contributed by atoms with Crippen molar-refractivity contribution in [3.8, 4) is 5.75 Å². The van der Waals surface area contributed by atoms with E-state index in [-0.39, 0.29) is 29.1 Å². The van der Waals surface area contributed by atoms with Crippen LogP contribution in [-0.2, 0) is 10.0 Å². The van der Waals surface area contributed by atoms with E-state index in [9.17, 15) is 21.6 Å². The highest BCUT2D eigenvalue weighted by Gasteiger charge is 2.32. The normalized spacial score (nSPS) is 16.2. The zero-order chi connectivity index (χ0) is 20.5. The molecule has 1 aromatic heterocycles. The number of halogens is 4. The lowest BCUT2D eigenvalue weighted by molar-refractivity contribution is -0.274. The maximum absolute atomic E-state index is 12.7. The van der Waals surface area contributed by atoms with E-state index in [1.807, 2.05) is 4.90 Å². The van der Waals surface area contributed by atoms with Gasteiger partial charge in [0.15, 0.2) is 0 Å². The molecule has 28 heavy (non-hydrogen) atoms. The molecular formula is C15H15ClF3N5O3S. The minimum Gasteiger partial charge on any atom is -0.406 e. The molecule has 1 aliphatic heterocycles. The van der Waals surface area contributed by atoms with Crippen LogP contribution in [0.25, 0.3) is 0 Å². The number of alkyl halides is 3. The molecule has 0 amide bonds. The Bertz CT molecular complexity index is 928. The number of nitrogens with two attached hydrogens (primary N) is 1. The van der Waals surface area contributed by atoms with Crippen LogP contribution in [-0.4, -0.2) is 55.2 Å². The van der Waals surface area contributed by atoms with Crippen molar-refractivity contribution in [2.24, 2.45) is 0 Å². The van der Waals surface area contributed by atoms with Gasteiger partial charge < -0.3 is 15.4 Å². The summed E-state index contributed by atoms with van der Waals surface area (Å²) in [5.74, 6) is 0.0106. The van der Waals surface area contributed by atoms with E-state index < -0.39 is 22.1 Å². The average Bonchev–Trinajstić information content (AvgIpc) is 2.60. The maximum atomic E-state index is 12.7. The molecule has 13 heteroatoms. The van der Waals surface area contributed by atoms with E-state index in [1.54, 1.807) is 0 Å². The molecule has 0 radical (unpaired) electrons. The molecule has 0 unspecified atom stereocenters. The number of nitrogens with zero attached hydrogens (tertiary/aromatic N) is 4. The van der Waals surface area contributed by atoms with Gasteiger partial charge in [0, 0.05) is 32.2 Å². The van der Waals surface area contributed by atoms with Gasteiger partial charge in [0.25, 0.3) is 0 Å². The van der Waals surface area contributed by atoms with Crippen molar-refractivity contribution >= 4 is 33.4 Å². The molecule has 8 nitrogen and oxygen atoms in total. The van der Waals surface area contributed by atoms with E-state index in [0.717, 1.165) is 24.3 Å². The van der Waals surface area contributed by atoms with Crippen LogP contribution in [0.15, 0.2) is 35.2 Å². The van der Waals surface area contributed by atoms with Gasteiger partial charge in [0.2, 0.25) is 16.0 Å². The first-order valence-corrected chi connectivity index (χ1v) is 9.77. The van der Waals surface area contributed by atoms with Gasteiger partial charge in [-0.1, -0.05) is 11.6 Å². The third kappa shape index (κ3) is 4.75. The van der Waals surface area contributed by atoms with Gasteiger partial charge in [-0.3, -0.25) is 0 Å². The van der Waals surface area contributed by atoms with Crippen LogP contribution in [0, 0.1) is 0 Å². The van der Waals surface area contributed by atoms with Crippen molar-refractivity contribution in [2.75, 3.05) is 36.8 Å². The van der Waals surface area contributed by atoms with Gasteiger partial charge >= 0.3 is 6.36 Å². The molecule has 0 spiro atoms. The van der Waals surface area contributed by atoms with E-state index in [1.165, 1.54) is 10.4 Å². The Morgan fingerprint density at radius 2 is 1.68 bits per heavy atom. The number of nitrogen functional groups attached to an aromatic ring is 1. The summed E-state index contributed by atoms with van der Waals surface area (Å²) in [6, 6.07) is 5.60. The maximum Gasteiger partial charge on any atom is 0.573 e. The van der Waals surface area contributed by atoms with Crippen molar-refractivity contribution in [3.63, 3.8) is 0 Å². The molecule has 0 saturated carbocycles. The van der Waals surface area contributed by atoms with Crippen LogP contribution >= 0.6 is 11.6 Å². The van der Waals surface area contributed by atoms with Gasteiger partial charge in [-0.05, 0) is 24.3 Å². The van der Waals surface area contributed by atoms with Crippen molar-refractivity contribution in [1.82, 2.24) is 14.3 Å². The Hall–Kier alpha value is -2.31. The summed E-state index contributed by atoms with van der Waals surface area (Å²) >= 11 is 5.86. The predicted molar refractivity (Wildman–Crippen MR) is 95.6 cm³/mol. The van der Waals surface area contributed by atoms with Crippen LogP contribution < -0.4 is 15.4 Å². The van der Waals surface area contributed by atoms with Crippen molar-refractivity contribution < 1.29 is 26.3 Å². The third-order valence-corrected chi connectivity index (χ3v) is 6.06. The van der Waals surface area contributed by atoms with Gasteiger partial charge in [-0.2, -0.15) is 9.29 Å². The number of hydrogen-bond donors (Lipinski definition) is 1. The molecule has 1 aliphatic rings. The molecule has 0 bridgehead atoms. The highest BCUT2D eigenvalue weighted by molar-refractivity contribution is 7.89.